The lowest BCUT2D eigenvalue weighted by Gasteiger charge is -2.09. The van der Waals surface area contributed by atoms with Crippen molar-refractivity contribution in [2.24, 2.45) is 0 Å². The van der Waals surface area contributed by atoms with E-state index in [1.54, 1.807) is 0 Å². The maximum Gasteiger partial charge on any atom is 0.573 e. The summed E-state index contributed by atoms with van der Waals surface area (Å²) in [5.41, 5.74) is 0.296. The van der Waals surface area contributed by atoms with E-state index in [1.807, 2.05) is 0 Å². The molecule has 0 aromatic heterocycles. The van der Waals surface area contributed by atoms with Crippen molar-refractivity contribution in [1.29, 1.82) is 0 Å². The van der Waals surface area contributed by atoms with Crippen LogP contribution < -0.4 is 10.1 Å². The van der Waals surface area contributed by atoms with E-state index in [4.69, 9.17) is 0 Å². The van der Waals surface area contributed by atoms with E-state index in [0.29, 0.717) is 6.07 Å². The Hall–Kier alpha value is -2.64. The molecular weight excluding hydrogens is 321 g/mol. The molecule has 0 saturated heterocycles. The summed E-state index contributed by atoms with van der Waals surface area (Å²) in [6, 6.07) is 7.08. The Balaban J connectivity index is 1.98. The van der Waals surface area contributed by atoms with Crippen LogP contribution in [-0.2, 0) is 6.54 Å². The van der Waals surface area contributed by atoms with Gasteiger partial charge in [0.2, 0.25) is 0 Å². The summed E-state index contributed by atoms with van der Waals surface area (Å²) >= 11 is 0. The molecule has 2 aromatic rings. The Kier molecular flexibility index (Phi) is 4.83. The summed E-state index contributed by atoms with van der Waals surface area (Å²) in [6.07, 6.45) is -4.81. The molecule has 0 saturated carbocycles. The molecule has 1 amide bonds. The highest BCUT2D eigenvalue weighted by Gasteiger charge is 2.31. The quantitative estimate of drug-likeness (QED) is 0.866. The van der Waals surface area contributed by atoms with E-state index in [-0.39, 0.29) is 17.7 Å². The molecule has 0 aliphatic rings. The van der Waals surface area contributed by atoms with Crippen molar-refractivity contribution in [3.63, 3.8) is 0 Å². The first-order valence-electron chi connectivity index (χ1n) is 6.32. The van der Waals surface area contributed by atoms with Gasteiger partial charge in [-0.25, -0.2) is 8.78 Å². The molecule has 0 heterocycles. The van der Waals surface area contributed by atoms with Crippen LogP contribution in [0.25, 0.3) is 0 Å². The first kappa shape index (κ1) is 16.7. The van der Waals surface area contributed by atoms with Gasteiger partial charge < -0.3 is 10.1 Å². The fourth-order valence-corrected chi connectivity index (χ4v) is 1.81. The Morgan fingerprint density at radius 3 is 2.09 bits per heavy atom. The number of carbonyl (C=O) groups is 1. The molecule has 23 heavy (non-hydrogen) atoms. The van der Waals surface area contributed by atoms with Crippen LogP contribution in [0, 0.1) is 11.6 Å². The largest absolute Gasteiger partial charge is 0.573 e. The van der Waals surface area contributed by atoms with Crippen LogP contribution in [-0.4, -0.2) is 12.3 Å². The smallest absolute Gasteiger partial charge is 0.406 e. The van der Waals surface area contributed by atoms with E-state index in [2.05, 4.69) is 10.1 Å². The lowest BCUT2D eigenvalue weighted by atomic mass is 10.2. The van der Waals surface area contributed by atoms with Gasteiger partial charge in [0.25, 0.3) is 5.91 Å². The molecule has 3 nitrogen and oxygen atoms in total. The molecule has 0 aliphatic heterocycles. The van der Waals surface area contributed by atoms with Crippen molar-refractivity contribution < 1.29 is 31.5 Å². The molecule has 0 bridgehead atoms. The second-order valence-corrected chi connectivity index (χ2v) is 4.53. The Labute approximate surface area is 127 Å². The molecule has 2 rings (SSSR count). The summed E-state index contributed by atoms with van der Waals surface area (Å²) in [7, 11) is 0. The van der Waals surface area contributed by atoms with Crippen molar-refractivity contribution in [3.8, 4) is 5.75 Å². The van der Waals surface area contributed by atoms with Gasteiger partial charge in [-0.2, -0.15) is 0 Å². The maximum atomic E-state index is 13.0. The van der Waals surface area contributed by atoms with E-state index < -0.39 is 29.7 Å². The van der Waals surface area contributed by atoms with Crippen LogP contribution in [0.15, 0.2) is 42.5 Å². The van der Waals surface area contributed by atoms with Crippen LogP contribution in [0.2, 0.25) is 0 Å². The van der Waals surface area contributed by atoms with Gasteiger partial charge in [-0.3, -0.25) is 4.79 Å². The molecule has 0 atom stereocenters. The Bertz CT molecular complexity index is 678. The zero-order chi connectivity index (χ0) is 17.0. The van der Waals surface area contributed by atoms with Crippen molar-refractivity contribution >= 4 is 5.91 Å². The van der Waals surface area contributed by atoms with Gasteiger partial charge in [0.05, 0.1) is 0 Å². The third-order valence-corrected chi connectivity index (χ3v) is 2.73. The van der Waals surface area contributed by atoms with E-state index in [1.165, 1.54) is 0 Å². The van der Waals surface area contributed by atoms with Crippen molar-refractivity contribution in [2.75, 3.05) is 0 Å². The second-order valence-electron chi connectivity index (χ2n) is 4.53. The van der Waals surface area contributed by atoms with Crippen LogP contribution in [0.3, 0.4) is 0 Å². The number of benzene rings is 2. The fraction of sp³-hybridized carbons (Fsp3) is 0.133. The predicted molar refractivity (Wildman–Crippen MR) is 70.7 cm³/mol. The Morgan fingerprint density at radius 1 is 1.00 bits per heavy atom. The first-order chi connectivity index (χ1) is 10.7. The minimum absolute atomic E-state index is 0.0800. The standard InChI is InChI=1S/C15H10F5NO2/c16-11-5-9(6-12(17)7-11)8-21-14(22)10-1-3-13(4-2-10)23-15(18,19)20/h1-7H,8H2,(H,21,22). The normalized spacial score (nSPS) is 11.2. The number of hydrogen-bond acceptors (Lipinski definition) is 2. The van der Waals surface area contributed by atoms with E-state index in [0.717, 1.165) is 36.4 Å². The highest BCUT2D eigenvalue weighted by Crippen LogP contribution is 2.22. The summed E-state index contributed by atoms with van der Waals surface area (Å²) in [5, 5.41) is 2.40. The highest BCUT2D eigenvalue weighted by molar-refractivity contribution is 5.94. The molecular formula is C15H10F5NO2. The van der Waals surface area contributed by atoms with Gasteiger partial charge in [0.1, 0.15) is 17.4 Å². The molecule has 0 radical (unpaired) electrons. The van der Waals surface area contributed by atoms with Crippen LogP contribution in [0.1, 0.15) is 15.9 Å². The summed E-state index contributed by atoms with van der Waals surface area (Å²) < 4.78 is 65.7. The molecule has 2 aromatic carbocycles. The minimum Gasteiger partial charge on any atom is -0.406 e. The second kappa shape index (κ2) is 6.64. The average Bonchev–Trinajstić information content (AvgIpc) is 2.43. The zero-order valence-corrected chi connectivity index (χ0v) is 11.5. The number of alkyl halides is 3. The highest BCUT2D eigenvalue weighted by atomic mass is 19.4. The van der Waals surface area contributed by atoms with Gasteiger partial charge in [0.15, 0.2) is 0 Å². The minimum atomic E-state index is -4.81. The monoisotopic (exact) mass is 331 g/mol. The number of ether oxygens (including phenoxy) is 1. The molecule has 0 aliphatic carbocycles. The van der Waals surface area contributed by atoms with E-state index in [9.17, 15) is 26.7 Å². The molecule has 0 unspecified atom stereocenters. The van der Waals surface area contributed by atoms with Gasteiger partial charge in [-0.1, -0.05) is 0 Å². The van der Waals surface area contributed by atoms with Crippen molar-refractivity contribution in [3.05, 3.63) is 65.2 Å². The molecule has 8 heteroatoms. The molecule has 0 fully saturated rings. The SMILES string of the molecule is O=C(NCc1cc(F)cc(F)c1)c1ccc(OC(F)(F)F)cc1. The lowest BCUT2D eigenvalue weighted by Crippen LogP contribution is -2.23. The number of nitrogens with one attached hydrogen (secondary N) is 1. The van der Waals surface area contributed by atoms with Crippen LogP contribution in [0.4, 0.5) is 22.0 Å². The van der Waals surface area contributed by atoms with Crippen LogP contribution >= 0.6 is 0 Å². The number of hydrogen-bond donors (Lipinski definition) is 1. The van der Waals surface area contributed by atoms with Gasteiger partial charge in [-0.05, 0) is 42.0 Å². The fourth-order valence-electron chi connectivity index (χ4n) is 1.81. The third kappa shape index (κ3) is 5.24. The zero-order valence-electron chi connectivity index (χ0n) is 11.5. The first-order valence-corrected chi connectivity index (χ1v) is 6.32. The number of carbonyl (C=O) groups excluding carboxylic acids is 1. The Morgan fingerprint density at radius 2 is 1.57 bits per heavy atom. The van der Waals surface area contributed by atoms with Crippen molar-refractivity contribution in [1.82, 2.24) is 5.32 Å². The molecule has 1 N–H and O–H groups in total. The van der Waals surface area contributed by atoms with Gasteiger partial charge in [-0.15, -0.1) is 13.2 Å². The summed E-state index contributed by atoms with van der Waals surface area (Å²) in [5.74, 6) is -2.61. The third-order valence-electron chi connectivity index (χ3n) is 2.73. The number of rotatable bonds is 4. The predicted octanol–water partition coefficient (Wildman–Crippen LogP) is 3.79. The van der Waals surface area contributed by atoms with Crippen molar-refractivity contribution in [2.45, 2.75) is 12.9 Å². The molecule has 122 valence electrons. The summed E-state index contributed by atoms with van der Waals surface area (Å²) in [6.45, 7) is -0.131. The maximum absolute atomic E-state index is 13.0. The van der Waals surface area contributed by atoms with E-state index >= 15 is 0 Å². The number of amides is 1. The lowest BCUT2D eigenvalue weighted by molar-refractivity contribution is -0.274. The van der Waals surface area contributed by atoms with Crippen LogP contribution in [0.5, 0.6) is 5.75 Å². The topological polar surface area (TPSA) is 38.3 Å². The number of halogens is 5. The summed E-state index contributed by atoms with van der Waals surface area (Å²) in [4.78, 5) is 11.8. The van der Waals surface area contributed by atoms with Gasteiger partial charge in [0, 0.05) is 18.2 Å². The average molecular weight is 331 g/mol. The molecule has 0 spiro atoms. The van der Waals surface area contributed by atoms with Gasteiger partial charge >= 0.3 is 6.36 Å².